The van der Waals surface area contributed by atoms with Gasteiger partial charge in [-0.25, -0.2) is 8.42 Å². The van der Waals surface area contributed by atoms with E-state index >= 15 is 0 Å². The van der Waals surface area contributed by atoms with E-state index in [1.807, 2.05) is 12.1 Å². The minimum Gasteiger partial charge on any atom is -0.360 e. The largest absolute Gasteiger partial charge is 0.360 e. The molecule has 31 heavy (non-hydrogen) atoms. The lowest BCUT2D eigenvalue weighted by Gasteiger charge is -2.15. The summed E-state index contributed by atoms with van der Waals surface area (Å²) in [4.78, 5) is 0.252. The van der Waals surface area contributed by atoms with Crippen molar-refractivity contribution in [1.82, 2.24) is 15.4 Å². The number of thiocarbonyl (C=S) groups is 1. The third kappa shape index (κ3) is 10.8. The number of benzene rings is 1. The fourth-order valence-electron chi connectivity index (χ4n) is 4.02. The molecule has 1 heterocycles. The van der Waals surface area contributed by atoms with Gasteiger partial charge in [-0.1, -0.05) is 76.8 Å². The highest BCUT2D eigenvalue weighted by Crippen LogP contribution is 2.15. The molecule has 0 spiro atoms. The zero-order chi connectivity index (χ0) is 22.4. The molecule has 2 rings (SSSR count). The first-order chi connectivity index (χ1) is 15.0. The van der Waals surface area contributed by atoms with Crippen molar-refractivity contribution >= 4 is 27.4 Å². The van der Waals surface area contributed by atoms with Gasteiger partial charge in [-0.05, 0) is 62.1 Å². The Balaban J connectivity index is 1.61. The molecule has 1 aromatic carbocycles. The van der Waals surface area contributed by atoms with Gasteiger partial charge >= 0.3 is 0 Å². The molecular weight excluding hydrogens is 426 g/mol. The molecule has 1 aliphatic rings. The second-order valence-electron chi connectivity index (χ2n) is 8.68. The molecule has 1 aromatic rings. The van der Waals surface area contributed by atoms with Gasteiger partial charge in [-0.2, -0.15) is 0 Å². The minimum atomic E-state index is -3.64. The smallest absolute Gasteiger partial charge is 0.263 e. The molecule has 1 aliphatic heterocycles. The van der Waals surface area contributed by atoms with Crippen molar-refractivity contribution in [2.24, 2.45) is 0 Å². The number of sulfonamides is 1. The molecule has 0 saturated carbocycles. The third-order valence-electron chi connectivity index (χ3n) is 5.95. The van der Waals surface area contributed by atoms with Crippen molar-refractivity contribution in [3.8, 4) is 0 Å². The van der Waals surface area contributed by atoms with E-state index in [0.717, 1.165) is 32.2 Å². The van der Waals surface area contributed by atoms with E-state index in [2.05, 4.69) is 22.3 Å². The van der Waals surface area contributed by atoms with Crippen LogP contribution < -0.4 is 15.4 Å². The van der Waals surface area contributed by atoms with Crippen molar-refractivity contribution in [3.63, 3.8) is 0 Å². The van der Waals surface area contributed by atoms with Gasteiger partial charge in [-0.15, -0.1) is 0 Å². The summed E-state index contributed by atoms with van der Waals surface area (Å²) < 4.78 is 27.5. The Kier molecular flexibility index (Phi) is 12.4. The predicted molar refractivity (Wildman–Crippen MR) is 134 cm³/mol. The summed E-state index contributed by atoms with van der Waals surface area (Å²) in [6.07, 6.45) is 16.5. The van der Waals surface area contributed by atoms with E-state index in [0.29, 0.717) is 12.6 Å². The first-order valence-electron chi connectivity index (χ1n) is 12.1. The second-order valence-corrected chi connectivity index (χ2v) is 10.8. The van der Waals surface area contributed by atoms with Crippen LogP contribution in [-0.4, -0.2) is 32.7 Å². The molecule has 0 unspecified atom stereocenters. The minimum absolute atomic E-state index is 0.156. The van der Waals surface area contributed by atoms with Crippen LogP contribution >= 0.6 is 12.2 Å². The van der Waals surface area contributed by atoms with Crippen LogP contribution in [0.3, 0.4) is 0 Å². The Hall–Kier alpha value is -1.18. The number of unbranched alkanes of at least 4 members (excludes halogenated alkanes) is 9. The molecule has 0 aromatic heterocycles. The highest BCUT2D eigenvalue weighted by Gasteiger charge is 2.17. The molecule has 0 radical (unpaired) electrons. The van der Waals surface area contributed by atoms with E-state index in [4.69, 9.17) is 12.2 Å². The van der Waals surface area contributed by atoms with Crippen molar-refractivity contribution in [2.45, 2.75) is 101 Å². The van der Waals surface area contributed by atoms with Crippen LogP contribution in [0.2, 0.25) is 0 Å². The van der Waals surface area contributed by atoms with E-state index in [-0.39, 0.29) is 10.0 Å². The molecule has 1 atom stereocenters. The van der Waals surface area contributed by atoms with Crippen LogP contribution in [-0.2, 0) is 16.4 Å². The van der Waals surface area contributed by atoms with E-state index < -0.39 is 10.0 Å². The van der Waals surface area contributed by atoms with E-state index in [1.54, 1.807) is 12.1 Å². The number of hydrogen-bond acceptors (Lipinski definition) is 4. The van der Waals surface area contributed by atoms with Crippen molar-refractivity contribution in [1.29, 1.82) is 0 Å². The summed E-state index contributed by atoms with van der Waals surface area (Å²) in [7, 11) is -3.64. The van der Waals surface area contributed by atoms with Gasteiger partial charge in [0.25, 0.3) is 10.0 Å². The van der Waals surface area contributed by atoms with Crippen LogP contribution in [0.4, 0.5) is 0 Å². The summed E-state index contributed by atoms with van der Waals surface area (Å²) in [6, 6.07) is 7.54. The fraction of sp³-hybridized carbons (Fsp3) is 0.708. The predicted octanol–water partition coefficient (Wildman–Crippen LogP) is 5.05. The summed E-state index contributed by atoms with van der Waals surface area (Å²) in [5.41, 5.74) is 1.19. The van der Waals surface area contributed by atoms with Gasteiger partial charge in [0, 0.05) is 12.6 Å². The standard InChI is InChI=1S/C24H41N3O2S2/c1-2-3-4-5-6-7-8-9-10-11-13-21-15-17-23(18-16-21)31(28,29)27-24(30)26-20-22-14-12-19-25-22/h15-18,22,25H,2-14,19-20H2,1H3,(H2,26,27,30)/t22-/m0/s1. The van der Waals surface area contributed by atoms with Crippen LogP contribution in [0.1, 0.15) is 89.5 Å². The Morgan fingerprint density at radius 1 is 1.00 bits per heavy atom. The number of rotatable bonds is 15. The van der Waals surface area contributed by atoms with Gasteiger partial charge in [0.15, 0.2) is 5.11 Å². The van der Waals surface area contributed by atoms with Gasteiger partial charge in [0.05, 0.1) is 4.90 Å². The van der Waals surface area contributed by atoms with Gasteiger partial charge in [0.2, 0.25) is 0 Å². The van der Waals surface area contributed by atoms with Crippen molar-refractivity contribution in [2.75, 3.05) is 13.1 Å². The van der Waals surface area contributed by atoms with Gasteiger partial charge in [-0.3, -0.25) is 4.72 Å². The molecule has 1 saturated heterocycles. The van der Waals surface area contributed by atoms with E-state index in [1.165, 1.54) is 63.4 Å². The lowest BCUT2D eigenvalue weighted by Crippen LogP contribution is -2.44. The number of aryl methyl sites for hydroxylation is 1. The molecule has 0 aliphatic carbocycles. The fourth-order valence-corrected chi connectivity index (χ4v) is 5.36. The lowest BCUT2D eigenvalue weighted by molar-refractivity contribution is 0.556. The van der Waals surface area contributed by atoms with Gasteiger partial charge in [0.1, 0.15) is 0 Å². The summed E-state index contributed by atoms with van der Waals surface area (Å²) in [6.45, 7) is 3.91. The Morgan fingerprint density at radius 2 is 1.61 bits per heavy atom. The molecule has 176 valence electrons. The molecular formula is C24H41N3O2S2. The molecule has 1 fully saturated rings. The van der Waals surface area contributed by atoms with Crippen LogP contribution in [0.25, 0.3) is 0 Å². The van der Waals surface area contributed by atoms with E-state index in [9.17, 15) is 8.42 Å². The summed E-state index contributed by atoms with van der Waals surface area (Å²) in [5.74, 6) is 0. The molecule has 0 bridgehead atoms. The summed E-state index contributed by atoms with van der Waals surface area (Å²) >= 11 is 5.16. The van der Waals surface area contributed by atoms with Crippen LogP contribution in [0.5, 0.6) is 0 Å². The highest BCUT2D eigenvalue weighted by molar-refractivity contribution is 7.91. The maximum Gasteiger partial charge on any atom is 0.263 e. The van der Waals surface area contributed by atoms with Crippen LogP contribution in [0.15, 0.2) is 29.2 Å². The molecule has 0 amide bonds. The molecule has 5 nitrogen and oxygen atoms in total. The average Bonchev–Trinajstić information content (AvgIpc) is 3.27. The maximum absolute atomic E-state index is 12.5. The average molecular weight is 468 g/mol. The zero-order valence-electron chi connectivity index (χ0n) is 19.1. The van der Waals surface area contributed by atoms with Crippen LogP contribution in [0, 0.1) is 0 Å². The summed E-state index contributed by atoms with van der Waals surface area (Å²) in [5, 5.41) is 6.51. The quantitative estimate of drug-likeness (QED) is 0.249. The molecule has 3 N–H and O–H groups in total. The van der Waals surface area contributed by atoms with Crippen molar-refractivity contribution in [3.05, 3.63) is 29.8 Å². The normalized spacial score (nSPS) is 16.4. The Labute approximate surface area is 195 Å². The zero-order valence-corrected chi connectivity index (χ0v) is 20.8. The van der Waals surface area contributed by atoms with Crippen molar-refractivity contribution < 1.29 is 8.42 Å². The second kappa shape index (κ2) is 14.8. The highest BCUT2D eigenvalue weighted by atomic mass is 32.2. The monoisotopic (exact) mass is 467 g/mol. The topological polar surface area (TPSA) is 70.2 Å². The molecule has 7 heteroatoms. The number of hydrogen-bond donors (Lipinski definition) is 3. The Morgan fingerprint density at radius 3 is 2.19 bits per heavy atom. The van der Waals surface area contributed by atoms with Gasteiger partial charge < -0.3 is 10.6 Å². The third-order valence-corrected chi connectivity index (χ3v) is 7.69. The first kappa shape index (κ1) is 26.1. The maximum atomic E-state index is 12.5. The first-order valence-corrected chi connectivity index (χ1v) is 14.0. The number of nitrogens with one attached hydrogen (secondary N) is 3. The Bertz CT molecular complexity index is 730. The lowest BCUT2D eigenvalue weighted by atomic mass is 10.0. The SMILES string of the molecule is CCCCCCCCCCCCc1ccc(S(=O)(=O)NC(=S)NC[C@@H]2CCCN2)cc1.